The molecule has 1 aromatic heterocycles. The van der Waals surface area contributed by atoms with Crippen molar-refractivity contribution in [1.29, 1.82) is 0 Å². The molecule has 0 saturated carbocycles. The first kappa shape index (κ1) is 23.9. The summed E-state index contributed by atoms with van der Waals surface area (Å²) in [4.78, 5) is 36.4. The van der Waals surface area contributed by atoms with Gasteiger partial charge in [0.2, 0.25) is 11.6 Å². The van der Waals surface area contributed by atoms with E-state index in [-0.39, 0.29) is 17.3 Å². The Balaban J connectivity index is 1.61. The van der Waals surface area contributed by atoms with E-state index in [2.05, 4.69) is 15.3 Å². The fraction of sp³-hybridized carbons (Fsp3) is 0.231. The number of rotatable bonds is 10. The van der Waals surface area contributed by atoms with Crippen molar-refractivity contribution >= 4 is 34.0 Å². The fourth-order valence-corrected chi connectivity index (χ4v) is 3.76. The van der Waals surface area contributed by atoms with Gasteiger partial charge in [-0.25, -0.2) is 9.97 Å². The number of para-hydroxylation sites is 1. The molecule has 0 amide bonds. The van der Waals surface area contributed by atoms with Crippen LogP contribution in [0.25, 0.3) is 10.9 Å². The summed E-state index contributed by atoms with van der Waals surface area (Å²) in [7, 11) is 3.13. The van der Waals surface area contributed by atoms with Crippen LogP contribution in [0.5, 0.6) is 11.5 Å². The van der Waals surface area contributed by atoms with Crippen molar-refractivity contribution in [3.05, 3.63) is 72.3 Å². The van der Waals surface area contributed by atoms with E-state index in [9.17, 15) is 9.59 Å². The number of carbonyl (C=O) groups is 2. The summed E-state index contributed by atoms with van der Waals surface area (Å²) in [5.74, 6) is 0.763. The minimum Gasteiger partial charge on any atom is -0.493 e. The number of ether oxygens (including phenoxy) is 3. The Morgan fingerprint density at radius 2 is 1.74 bits per heavy atom. The van der Waals surface area contributed by atoms with Crippen molar-refractivity contribution in [3.8, 4) is 11.5 Å². The molecule has 1 aliphatic carbocycles. The molecule has 35 heavy (non-hydrogen) atoms. The molecule has 0 spiro atoms. The number of anilines is 2. The predicted molar refractivity (Wildman–Crippen MR) is 133 cm³/mol. The number of fused-ring (bicyclic) bond motifs is 1. The Hall–Kier alpha value is -4.24. The Labute approximate surface area is 203 Å². The zero-order valence-corrected chi connectivity index (χ0v) is 19.8. The quantitative estimate of drug-likeness (QED) is 0.349. The predicted octanol–water partition coefficient (Wildman–Crippen LogP) is 3.52. The minimum atomic E-state index is -0.327. The van der Waals surface area contributed by atoms with Crippen molar-refractivity contribution in [2.75, 3.05) is 44.2 Å². The largest absolute Gasteiger partial charge is 0.493 e. The number of allylic oxidation sites excluding steroid dienone is 2. The summed E-state index contributed by atoms with van der Waals surface area (Å²) >= 11 is 0. The van der Waals surface area contributed by atoms with Crippen LogP contribution in [-0.2, 0) is 14.3 Å². The van der Waals surface area contributed by atoms with E-state index < -0.39 is 0 Å². The molecule has 0 saturated heterocycles. The Morgan fingerprint density at radius 3 is 2.46 bits per heavy atom. The molecule has 0 unspecified atom stereocenters. The molecule has 0 bridgehead atoms. The van der Waals surface area contributed by atoms with Gasteiger partial charge in [0.15, 0.2) is 11.5 Å². The third kappa shape index (κ3) is 5.15. The van der Waals surface area contributed by atoms with Gasteiger partial charge in [0.1, 0.15) is 18.8 Å². The molecule has 3 aromatic rings. The molecule has 9 nitrogen and oxygen atoms in total. The van der Waals surface area contributed by atoms with Crippen molar-refractivity contribution < 1.29 is 23.8 Å². The van der Waals surface area contributed by atoms with Gasteiger partial charge in [-0.3, -0.25) is 9.59 Å². The number of ketones is 2. The number of nitrogens with zero attached hydrogens (tertiary/aromatic N) is 3. The molecule has 1 N–H and O–H groups in total. The van der Waals surface area contributed by atoms with Crippen molar-refractivity contribution in [2.24, 2.45) is 0 Å². The van der Waals surface area contributed by atoms with Gasteiger partial charge in [0.25, 0.3) is 0 Å². The van der Waals surface area contributed by atoms with Crippen LogP contribution in [0.3, 0.4) is 0 Å². The number of likely N-dealkylation sites (N-methyl/N-ethyl adjacent to an activating group) is 1. The van der Waals surface area contributed by atoms with E-state index in [0.717, 1.165) is 5.69 Å². The van der Waals surface area contributed by atoms with E-state index in [1.165, 1.54) is 25.6 Å². The van der Waals surface area contributed by atoms with Gasteiger partial charge in [-0.15, -0.1) is 0 Å². The summed E-state index contributed by atoms with van der Waals surface area (Å²) in [5, 5.41) is 3.61. The van der Waals surface area contributed by atoms with Gasteiger partial charge in [-0.2, -0.15) is 0 Å². The van der Waals surface area contributed by atoms with Gasteiger partial charge in [0, 0.05) is 42.9 Å². The Morgan fingerprint density at radius 1 is 0.943 bits per heavy atom. The zero-order chi connectivity index (χ0) is 24.8. The molecule has 0 fully saturated rings. The van der Waals surface area contributed by atoms with Crippen LogP contribution in [0.1, 0.15) is 6.92 Å². The van der Waals surface area contributed by atoms with Gasteiger partial charge in [-0.05, 0) is 25.1 Å². The summed E-state index contributed by atoms with van der Waals surface area (Å²) in [5.41, 5.74) is 1.87. The molecule has 2 aromatic carbocycles. The second-order valence-corrected chi connectivity index (χ2v) is 7.60. The number of nitrogens with one attached hydrogen (secondary N) is 1. The summed E-state index contributed by atoms with van der Waals surface area (Å²) < 4.78 is 16.2. The standard InChI is InChI=1S/C26H26N4O5/c1-4-30(17-8-6-5-7-9-17)21-15-22(31)20(13-23(21)32)29-26-18-12-24(34-3)25(35-11-10-33-2)14-19(18)27-16-28-26/h5-9,12-16H,4,10-11H2,1-3H3,(H,27,28,29). The van der Waals surface area contributed by atoms with Crippen LogP contribution in [0.2, 0.25) is 0 Å². The monoisotopic (exact) mass is 474 g/mol. The molecule has 0 atom stereocenters. The molecular formula is C26H26N4O5. The maximum atomic E-state index is 13.0. The first-order valence-electron chi connectivity index (χ1n) is 11.1. The van der Waals surface area contributed by atoms with Crippen molar-refractivity contribution in [2.45, 2.75) is 6.92 Å². The number of aromatic nitrogens is 2. The highest BCUT2D eigenvalue weighted by molar-refractivity contribution is 6.22. The van der Waals surface area contributed by atoms with Crippen molar-refractivity contribution in [3.63, 3.8) is 0 Å². The highest BCUT2D eigenvalue weighted by Crippen LogP contribution is 2.34. The van der Waals surface area contributed by atoms with E-state index in [0.29, 0.717) is 53.7 Å². The second kappa shape index (κ2) is 10.8. The van der Waals surface area contributed by atoms with Gasteiger partial charge in [-0.1, -0.05) is 18.2 Å². The van der Waals surface area contributed by atoms with Gasteiger partial charge >= 0.3 is 0 Å². The number of carbonyl (C=O) groups excluding carboxylic acids is 2. The minimum absolute atomic E-state index is 0.127. The number of methoxy groups -OCH3 is 2. The maximum absolute atomic E-state index is 13.0. The van der Waals surface area contributed by atoms with Crippen LogP contribution in [-0.4, -0.2) is 55.5 Å². The number of hydrogen-bond donors (Lipinski definition) is 1. The third-order valence-electron chi connectivity index (χ3n) is 5.45. The maximum Gasteiger partial charge on any atom is 0.204 e. The number of benzene rings is 2. The average Bonchev–Trinajstić information content (AvgIpc) is 2.87. The van der Waals surface area contributed by atoms with E-state index in [1.807, 2.05) is 42.2 Å². The normalized spacial score (nSPS) is 13.3. The smallest absolute Gasteiger partial charge is 0.204 e. The van der Waals surface area contributed by atoms with Gasteiger partial charge in [0.05, 0.1) is 30.6 Å². The SMILES string of the molecule is CCN(C1=CC(=O)C(Nc2ncnc3cc(OCCOC)c(OC)cc23)=CC1=O)c1ccccc1. The topological polar surface area (TPSA) is 103 Å². The van der Waals surface area contributed by atoms with E-state index >= 15 is 0 Å². The van der Waals surface area contributed by atoms with Gasteiger partial charge < -0.3 is 24.4 Å². The van der Waals surface area contributed by atoms with Crippen LogP contribution in [0.4, 0.5) is 11.5 Å². The Bertz CT molecular complexity index is 1300. The van der Waals surface area contributed by atoms with Crippen LogP contribution in [0, 0.1) is 0 Å². The van der Waals surface area contributed by atoms with Crippen LogP contribution in [0.15, 0.2) is 72.3 Å². The van der Waals surface area contributed by atoms with Crippen molar-refractivity contribution in [1.82, 2.24) is 9.97 Å². The zero-order valence-electron chi connectivity index (χ0n) is 19.8. The van der Waals surface area contributed by atoms with Crippen LogP contribution >= 0.6 is 0 Å². The van der Waals surface area contributed by atoms with E-state index in [1.54, 1.807) is 19.2 Å². The lowest BCUT2D eigenvalue weighted by Crippen LogP contribution is -2.31. The molecule has 0 radical (unpaired) electrons. The summed E-state index contributed by atoms with van der Waals surface area (Å²) in [6, 6.07) is 12.9. The Kier molecular flexibility index (Phi) is 7.37. The molecule has 0 aliphatic heterocycles. The average molecular weight is 475 g/mol. The third-order valence-corrected chi connectivity index (χ3v) is 5.45. The fourth-order valence-electron chi connectivity index (χ4n) is 3.76. The highest BCUT2D eigenvalue weighted by Gasteiger charge is 2.25. The first-order chi connectivity index (χ1) is 17.0. The lowest BCUT2D eigenvalue weighted by atomic mass is 10.0. The van der Waals surface area contributed by atoms with Crippen LogP contribution < -0.4 is 19.7 Å². The molecule has 4 rings (SSSR count). The second-order valence-electron chi connectivity index (χ2n) is 7.60. The summed E-state index contributed by atoms with van der Waals surface area (Å²) in [6.07, 6.45) is 4.03. The van der Waals surface area contributed by atoms with E-state index in [4.69, 9.17) is 14.2 Å². The lowest BCUT2D eigenvalue weighted by Gasteiger charge is -2.26. The molecule has 9 heteroatoms. The molecule has 1 heterocycles. The molecule has 1 aliphatic rings. The molecule has 180 valence electrons. The number of hydrogen-bond acceptors (Lipinski definition) is 9. The molecular weight excluding hydrogens is 448 g/mol. The summed E-state index contributed by atoms with van der Waals surface area (Å²) in [6.45, 7) is 3.25. The first-order valence-corrected chi connectivity index (χ1v) is 11.1. The highest BCUT2D eigenvalue weighted by atomic mass is 16.5. The lowest BCUT2D eigenvalue weighted by molar-refractivity contribution is -0.115.